The van der Waals surface area contributed by atoms with Gasteiger partial charge in [-0.25, -0.2) is 14.4 Å². The van der Waals surface area contributed by atoms with E-state index in [0.717, 1.165) is 16.9 Å². The zero-order chi connectivity index (χ0) is 19.8. The average Bonchev–Trinajstić information content (AvgIpc) is 2.74. The fraction of sp³-hybridized carbons (Fsp3) is 0.190. The van der Waals surface area contributed by atoms with Gasteiger partial charge >= 0.3 is 0 Å². The lowest BCUT2D eigenvalue weighted by Gasteiger charge is -2.10. The molecule has 0 radical (unpaired) electrons. The van der Waals surface area contributed by atoms with E-state index in [1.165, 1.54) is 24.5 Å². The zero-order valence-corrected chi connectivity index (χ0v) is 15.5. The molecular formula is C21H21FN4O2. The lowest BCUT2D eigenvalue weighted by molar-refractivity contribution is 0.0949. The van der Waals surface area contributed by atoms with Crippen molar-refractivity contribution in [1.29, 1.82) is 0 Å². The van der Waals surface area contributed by atoms with Crippen LogP contribution in [0.1, 0.15) is 21.6 Å². The summed E-state index contributed by atoms with van der Waals surface area (Å²) in [6.07, 6.45) is 3.56. The zero-order valence-electron chi connectivity index (χ0n) is 15.5. The van der Waals surface area contributed by atoms with Crippen molar-refractivity contribution >= 4 is 11.7 Å². The SMILES string of the molecule is COc1ccccc1CNc1cnc(C(=O)NCCc2ccc(F)cc2)cn1. The van der Waals surface area contributed by atoms with Crippen molar-refractivity contribution in [2.75, 3.05) is 19.0 Å². The molecule has 0 atom stereocenters. The molecule has 0 bridgehead atoms. The lowest BCUT2D eigenvalue weighted by Crippen LogP contribution is -2.26. The number of aromatic nitrogens is 2. The van der Waals surface area contributed by atoms with Crippen LogP contribution in [0.3, 0.4) is 0 Å². The second-order valence-corrected chi connectivity index (χ2v) is 6.08. The molecule has 0 aliphatic heterocycles. The Balaban J connectivity index is 1.49. The van der Waals surface area contributed by atoms with E-state index < -0.39 is 0 Å². The smallest absolute Gasteiger partial charge is 0.271 e. The maximum Gasteiger partial charge on any atom is 0.271 e. The summed E-state index contributed by atoms with van der Waals surface area (Å²) in [5.74, 6) is 0.780. The average molecular weight is 380 g/mol. The van der Waals surface area contributed by atoms with Crippen LogP contribution in [0.4, 0.5) is 10.2 Å². The van der Waals surface area contributed by atoms with E-state index in [0.29, 0.717) is 25.3 Å². The molecule has 1 aromatic heterocycles. The number of para-hydroxylation sites is 1. The van der Waals surface area contributed by atoms with Crippen molar-refractivity contribution in [1.82, 2.24) is 15.3 Å². The summed E-state index contributed by atoms with van der Waals surface area (Å²) in [5.41, 5.74) is 2.18. The number of anilines is 1. The number of halogens is 1. The molecule has 0 saturated carbocycles. The number of carbonyl (C=O) groups is 1. The predicted molar refractivity (Wildman–Crippen MR) is 105 cm³/mol. The molecule has 0 aliphatic carbocycles. The van der Waals surface area contributed by atoms with Crippen LogP contribution < -0.4 is 15.4 Å². The molecule has 6 nitrogen and oxygen atoms in total. The quantitative estimate of drug-likeness (QED) is 0.628. The van der Waals surface area contributed by atoms with Crippen LogP contribution in [0, 0.1) is 5.82 Å². The molecule has 3 aromatic rings. The van der Waals surface area contributed by atoms with Gasteiger partial charge in [0.1, 0.15) is 23.1 Å². The first-order chi connectivity index (χ1) is 13.7. The summed E-state index contributed by atoms with van der Waals surface area (Å²) in [5, 5.41) is 5.94. The third-order valence-electron chi connectivity index (χ3n) is 4.15. The minimum atomic E-state index is -0.300. The molecule has 0 aliphatic rings. The van der Waals surface area contributed by atoms with Crippen molar-refractivity contribution in [2.24, 2.45) is 0 Å². The Morgan fingerprint density at radius 3 is 2.57 bits per heavy atom. The summed E-state index contributed by atoms with van der Waals surface area (Å²) >= 11 is 0. The van der Waals surface area contributed by atoms with Crippen LogP contribution in [-0.2, 0) is 13.0 Å². The summed E-state index contributed by atoms with van der Waals surface area (Å²) in [4.78, 5) is 20.5. The number of benzene rings is 2. The second-order valence-electron chi connectivity index (χ2n) is 6.08. The van der Waals surface area contributed by atoms with Gasteiger partial charge in [0.25, 0.3) is 5.91 Å². The van der Waals surface area contributed by atoms with E-state index in [2.05, 4.69) is 20.6 Å². The standard InChI is InChI=1S/C21H21FN4O2/c1-28-19-5-3-2-4-16(19)12-25-20-14-24-18(13-26-20)21(27)23-11-10-15-6-8-17(22)9-7-15/h2-9,13-14H,10-12H2,1H3,(H,23,27)(H,25,26). The summed E-state index contributed by atoms with van der Waals surface area (Å²) in [6.45, 7) is 0.960. The molecule has 1 heterocycles. The molecule has 0 spiro atoms. The molecular weight excluding hydrogens is 359 g/mol. The monoisotopic (exact) mass is 380 g/mol. The van der Waals surface area contributed by atoms with Crippen LogP contribution in [-0.4, -0.2) is 29.5 Å². The van der Waals surface area contributed by atoms with Gasteiger partial charge in [0, 0.05) is 18.7 Å². The number of amides is 1. The first kappa shape index (κ1) is 19.3. The van der Waals surface area contributed by atoms with E-state index in [4.69, 9.17) is 4.74 Å². The molecule has 2 aromatic carbocycles. The van der Waals surface area contributed by atoms with E-state index in [-0.39, 0.29) is 17.4 Å². The van der Waals surface area contributed by atoms with E-state index in [1.807, 2.05) is 24.3 Å². The van der Waals surface area contributed by atoms with Gasteiger partial charge in [-0.2, -0.15) is 0 Å². The van der Waals surface area contributed by atoms with Crippen molar-refractivity contribution in [3.8, 4) is 5.75 Å². The van der Waals surface area contributed by atoms with E-state index in [1.54, 1.807) is 19.2 Å². The molecule has 28 heavy (non-hydrogen) atoms. The number of nitrogens with one attached hydrogen (secondary N) is 2. The maximum atomic E-state index is 12.9. The lowest BCUT2D eigenvalue weighted by atomic mass is 10.1. The summed E-state index contributed by atoms with van der Waals surface area (Å²) in [6, 6.07) is 13.9. The first-order valence-electron chi connectivity index (χ1n) is 8.86. The van der Waals surface area contributed by atoms with Crippen LogP contribution in [0.15, 0.2) is 60.9 Å². The molecule has 144 valence electrons. The van der Waals surface area contributed by atoms with Gasteiger partial charge in [-0.05, 0) is 30.2 Å². The largest absolute Gasteiger partial charge is 0.496 e. The molecule has 3 rings (SSSR count). The Morgan fingerprint density at radius 1 is 1.07 bits per heavy atom. The molecule has 1 amide bonds. The van der Waals surface area contributed by atoms with Crippen LogP contribution in [0.25, 0.3) is 0 Å². The highest BCUT2D eigenvalue weighted by molar-refractivity contribution is 5.91. The maximum absolute atomic E-state index is 12.9. The number of hydrogen-bond donors (Lipinski definition) is 2. The van der Waals surface area contributed by atoms with Gasteiger partial charge in [0.05, 0.1) is 19.5 Å². The molecule has 0 fully saturated rings. The molecule has 0 unspecified atom stereocenters. The van der Waals surface area contributed by atoms with Crippen molar-refractivity contribution in [2.45, 2.75) is 13.0 Å². The number of carbonyl (C=O) groups excluding carboxylic acids is 1. The van der Waals surface area contributed by atoms with Crippen LogP contribution >= 0.6 is 0 Å². The predicted octanol–water partition coefficient (Wildman–Crippen LogP) is 3.21. The van der Waals surface area contributed by atoms with Gasteiger partial charge in [0.2, 0.25) is 0 Å². The highest BCUT2D eigenvalue weighted by atomic mass is 19.1. The van der Waals surface area contributed by atoms with Crippen molar-refractivity contribution in [3.05, 3.63) is 83.6 Å². The van der Waals surface area contributed by atoms with Gasteiger partial charge in [-0.15, -0.1) is 0 Å². The number of hydrogen-bond acceptors (Lipinski definition) is 5. The van der Waals surface area contributed by atoms with Gasteiger partial charge < -0.3 is 15.4 Å². The minimum Gasteiger partial charge on any atom is -0.496 e. The summed E-state index contributed by atoms with van der Waals surface area (Å²) in [7, 11) is 1.63. The van der Waals surface area contributed by atoms with E-state index >= 15 is 0 Å². The van der Waals surface area contributed by atoms with Crippen LogP contribution in [0.5, 0.6) is 5.75 Å². The Kier molecular flexibility index (Phi) is 6.51. The third kappa shape index (κ3) is 5.26. The third-order valence-corrected chi connectivity index (χ3v) is 4.15. The molecule has 0 saturated heterocycles. The summed E-state index contributed by atoms with van der Waals surface area (Å²) < 4.78 is 18.2. The Bertz CT molecular complexity index is 914. The first-order valence-corrected chi connectivity index (χ1v) is 8.86. The Hall–Kier alpha value is -3.48. The fourth-order valence-corrected chi connectivity index (χ4v) is 2.63. The topological polar surface area (TPSA) is 76.1 Å². The second kappa shape index (κ2) is 9.45. The van der Waals surface area contributed by atoms with Crippen LogP contribution in [0.2, 0.25) is 0 Å². The number of ether oxygens (including phenoxy) is 1. The highest BCUT2D eigenvalue weighted by Crippen LogP contribution is 2.18. The fourth-order valence-electron chi connectivity index (χ4n) is 2.63. The Morgan fingerprint density at radius 2 is 1.86 bits per heavy atom. The number of methoxy groups -OCH3 is 1. The highest BCUT2D eigenvalue weighted by Gasteiger charge is 2.08. The van der Waals surface area contributed by atoms with Gasteiger partial charge in [0.15, 0.2) is 0 Å². The van der Waals surface area contributed by atoms with Crippen molar-refractivity contribution < 1.29 is 13.9 Å². The van der Waals surface area contributed by atoms with E-state index in [9.17, 15) is 9.18 Å². The number of rotatable bonds is 8. The van der Waals surface area contributed by atoms with Crippen molar-refractivity contribution in [3.63, 3.8) is 0 Å². The molecule has 7 heteroatoms. The normalized spacial score (nSPS) is 10.4. The minimum absolute atomic E-state index is 0.238. The molecule has 2 N–H and O–H groups in total. The number of nitrogens with zero attached hydrogens (tertiary/aromatic N) is 2. The van der Waals surface area contributed by atoms with Gasteiger partial charge in [-0.1, -0.05) is 30.3 Å². The Labute approximate surface area is 162 Å². The van der Waals surface area contributed by atoms with Gasteiger partial charge in [-0.3, -0.25) is 4.79 Å².